The monoisotopic (exact) mass is 418 g/mol. The van der Waals surface area contributed by atoms with E-state index >= 15 is 0 Å². The quantitative estimate of drug-likeness (QED) is 0.391. The topological polar surface area (TPSA) is 36.9 Å². The van der Waals surface area contributed by atoms with Gasteiger partial charge in [0.15, 0.2) is 14.6 Å². The summed E-state index contributed by atoms with van der Waals surface area (Å²) in [6.07, 6.45) is 3.12. The van der Waals surface area contributed by atoms with Crippen LogP contribution in [0.1, 0.15) is 26.2 Å². The molecule has 4 nitrogen and oxygen atoms in total. The standard InChI is InChI=1S/C18H31BrO4Si/c1-11-7-13-12(8-16(20-3)22-13)14-9-18(2,15(10-19)21-14)17(11)23-24(4,5)6/h12-17H,1,7-10H2,2-6H3/t12-,13+,14-,15+,16-,17+,18-/m0/s1. The third-order valence-electron chi connectivity index (χ3n) is 5.77. The maximum atomic E-state index is 6.65. The van der Waals surface area contributed by atoms with Crippen LogP contribution in [0.4, 0.5) is 0 Å². The molecule has 138 valence electrons. The van der Waals surface area contributed by atoms with Gasteiger partial charge in [0.05, 0.1) is 24.4 Å². The van der Waals surface area contributed by atoms with E-state index in [0.29, 0.717) is 5.92 Å². The molecule has 1 aliphatic carbocycles. The molecule has 0 aromatic heterocycles. The van der Waals surface area contributed by atoms with Crippen LogP contribution >= 0.6 is 15.9 Å². The Morgan fingerprint density at radius 1 is 1.29 bits per heavy atom. The summed E-state index contributed by atoms with van der Waals surface area (Å²) in [6, 6.07) is 0. The largest absolute Gasteiger partial charge is 0.410 e. The number of alkyl halides is 1. The second-order valence-corrected chi connectivity index (χ2v) is 13.8. The first-order valence-corrected chi connectivity index (χ1v) is 13.5. The summed E-state index contributed by atoms with van der Waals surface area (Å²) in [5.74, 6) is 0.378. The van der Waals surface area contributed by atoms with Gasteiger partial charge in [0.1, 0.15) is 0 Å². The number of fused-ring (bicyclic) bond motifs is 4. The molecular formula is C18H31BrO4Si. The lowest BCUT2D eigenvalue weighted by atomic mass is 9.69. The molecule has 1 saturated carbocycles. The molecule has 2 heterocycles. The van der Waals surface area contributed by atoms with Crippen molar-refractivity contribution in [3.8, 4) is 0 Å². The summed E-state index contributed by atoms with van der Waals surface area (Å²) in [4.78, 5) is 0. The zero-order valence-electron chi connectivity index (χ0n) is 15.5. The number of halogens is 1. The van der Waals surface area contributed by atoms with Crippen molar-refractivity contribution in [1.82, 2.24) is 0 Å². The molecule has 7 atom stereocenters. The van der Waals surface area contributed by atoms with Crippen molar-refractivity contribution in [3.05, 3.63) is 12.2 Å². The lowest BCUT2D eigenvalue weighted by Crippen LogP contribution is -2.48. The van der Waals surface area contributed by atoms with Crippen LogP contribution in [0, 0.1) is 11.3 Å². The highest BCUT2D eigenvalue weighted by molar-refractivity contribution is 9.09. The van der Waals surface area contributed by atoms with Gasteiger partial charge in [-0.2, -0.15) is 0 Å². The van der Waals surface area contributed by atoms with Crippen LogP contribution in [0.2, 0.25) is 19.6 Å². The molecule has 0 aromatic rings. The van der Waals surface area contributed by atoms with E-state index in [2.05, 4.69) is 49.1 Å². The maximum Gasteiger partial charge on any atom is 0.184 e. The van der Waals surface area contributed by atoms with E-state index in [-0.39, 0.29) is 36.1 Å². The molecule has 0 aromatic carbocycles. The SMILES string of the molecule is C=C1C[C@H]2O[C@H](OC)C[C@@H]2[C@@H]2C[C@](C)([C@@H]1O[Si](C)(C)C)[C@@H](CBr)O2. The lowest BCUT2D eigenvalue weighted by Gasteiger charge is -2.43. The fraction of sp³-hybridized carbons (Fsp3) is 0.889. The summed E-state index contributed by atoms with van der Waals surface area (Å²) in [6.45, 7) is 13.5. The van der Waals surface area contributed by atoms with Crippen molar-refractivity contribution in [1.29, 1.82) is 0 Å². The van der Waals surface area contributed by atoms with Crippen LogP contribution in [0.5, 0.6) is 0 Å². The Labute approximate surface area is 155 Å². The second kappa shape index (κ2) is 6.78. The molecule has 2 bridgehead atoms. The molecular weight excluding hydrogens is 388 g/mol. The average Bonchev–Trinajstić information content (AvgIpc) is 3.04. The summed E-state index contributed by atoms with van der Waals surface area (Å²) in [5, 5.41) is 0.824. The highest BCUT2D eigenvalue weighted by Gasteiger charge is 2.57. The summed E-state index contributed by atoms with van der Waals surface area (Å²) in [7, 11) is 0.0135. The van der Waals surface area contributed by atoms with Gasteiger partial charge in [-0.25, -0.2) is 0 Å². The third kappa shape index (κ3) is 3.42. The van der Waals surface area contributed by atoms with Crippen molar-refractivity contribution in [2.24, 2.45) is 11.3 Å². The van der Waals surface area contributed by atoms with Crippen molar-refractivity contribution in [3.63, 3.8) is 0 Å². The Kier molecular flexibility index (Phi) is 5.38. The number of hydrogen-bond acceptors (Lipinski definition) is 4. The van der Waals surface area contributed by atoms with E-state index in [4.69, 9.17) is 18.6 Å². The van der Waals surface area contributed by atoms with E-state index < -0.39 is 8.32 Å². The average molecular weight is 419 g/mol. The van der Waals surface area contributed by atoms with Gasteiger partial charge in [0, 0.05) is 30.2 Å². The van der Waals surface area contributed by atoms with Crippen molar-refractivity contribution in [2.45, 2.75) is 76.5 Å². The van der Waals surface area contributed by atoms with E-state index in [9.17, 15) is 0 Å². The number of methoxy groups -OCH3 is 1. The fourth-order valence-electron chi connectivity index (χ4n) is 4.59. The molecule has 0 N–H and O–H groups in total. The molecule has 0 spiro atoms. The lowest BCUT2D eigenvalue weighted by molar-refractivity contribution is -0.117. The molecule has 3 aliphatic rings. The van der Waals surface area contributed by atoms with Crippen LogP contribution in [0.3, 0.4) is 0 Å². The van der Waals surface area contributed by atoms with Crippen LogP contribution in [0.15, 0.2) is 12.2 Å². The van der Waals surface area contributed by atoms with Crippen LogP contribution in [-0.4, -0.2) is 51.5 Å². The van der Waals surface area contributed by atoms with E-state index in [1.807, 2.05) is 0 Å². The molecule has 2 aliphatic heterocycles. The first-order valence-electron chi connectivity index (χ1n) is 8.93. The minimum Gasteiger partial charge on any atom is -0.410 e. The highest BCUT2D eigenvalue weighted by atomic mass is 79.9. The molecule has 3 fully saturated rings. The molecule has 24 heavy (non-hydrogen) atoms. The summed E-state index contributed by atoms with van der Waals surface area (Å²) >= 11 is 3.67. The predicted molar refractivity (Wildman–Crippen MR) is 101 cm³/mol. The highest BCUT2D eigenvalue weighted by Crippen LogP contribution is 2.53. The summed E-state index contributed by atoms with van der Waals surface area (Å²) in [5.41, 5.74) is 1.11. The zero-order chi connectivity index (χ0) is 17.7. The second-order valence-electron chi connectivity index (χ2n) is 8.74. The van der Waals surface area contributed by atoms with Gasteiger partial charge in [-0.05, 0) is 38.1 Å². The Morgan fingerprint density at radius 2 is 2.00 bits per heavy atom. The molecule has 6 heteroatoms. The molecule has 2 saturated heterocycles. The van der Waals surface area contributed by atoms with Gasteiger partial charge >= 0.3 is 0 Å². The zero-order valence-corrected chi connectivity index (χ0v) is 18.1. The predicted octanol–water partition coefficient (Wildman–Crippen LogP) is 4.10. The normalized spacial score (nSPS) is 45.8. The minimum absolute atomic E-state index is 0.0304. The Hall–Kier alpha value is 0.277. The number of rotatable bonds is 4. The van der Waals surface area contributed by atoms with Crippen LogP contribution in [-0.2, 0) is 18.6 Å². The van der Waals surface area contributed by atoms with Crippen molar-refractivity contribution in [2.75, 3.05) is 12.4 Å². The van der Waals surface area contributed by atoms with E-state index in [1.54, 1.807) is 7.11 Å². The van der Waals surface area contributed by atoms with Gasteiger partial charge in [-0.1, -0.05) is 29.4 Å². The molecule has 0 radical (unpaired) electrons. The molecule has 3 rings (SSSR count). The van der Waals surface area contributed by atoms with Crippen LogP contribution in [0.25, 0.3) is 0 Å². The van der Waals surface area contributed by atoms with Gasteiger partial charge < -0.3 is 18.6 Å². The molecule has 0 unspecified atom stereocenters. The Balaban J connectivity index is 1.94. The smallest absolute Gasteiger partial charge is 0.184 e. The van der Waals surface area contributed by atoms with Crippen molar-refractivity contribution >= 4 is 24.2 Å². The molecule has 0 amide bonds. The van der Waals surface area contributed by atoms with E-state index in [1.165, 1.54) is 0 Å². The fourth-order valence-corrected chi connectivity index (χ4v) is 6.63. The van der Waals surface area contributed by atoms with Crippen molar-refractivity contribution < 1.29 is 18.6 Å². The van der Waals surface area contributed by atoms with Gasteiger partial charge in [0.2, 0.25) is 0 Å². The Bertz CT molecular complexity index is 494. The summed E-state index contributed by atoms with van der Waals surface area (Å²) < 4.78 is 24.8. The van der Waals surface area contributed by atoms with Gasteiger partial charge in [-0.3, -0.25) is 0 Å². The van der Waals surface area contributed by atoms with E-state index in [0.717, 1.165) is 30.2 Å². The number of hydrogen-bond donors (Lipinski definition) is 0. The first-order chi connectivity index (χ1) is 11.2. The number of ether oxygens (including phenoxy) is 3. The van der Waals surface area contributed by atoms with Gasteiger partial charge in [-0.15, -0.1) is 0 Å². The van der Waals surface area contributed by atoms with Gasteiger partial charge in [0.25, 0.3) is 0 Å². The maximum absolute atomic E-state index is 6.65. The van der Waals surface area contributed by atoms with Crippen LogP contribution < -0.4 is 0 Å². The minimum atomic E-state index is -1.71. The Morgan fingerprint density at radius 3 is 2.58 bits per heavy atom. The first kappa shape index (κ1) is 19.0. The third-order valence-corrected chi connectivity index (χ3v) is 7.30.